The van der Waals surface area contributed by atoms with Crippen molar-refractivity contribution in [1.29, 1.82) is 0 Å². The number of carbonyl (C=O) groups excluding carboxylic acids is 4. The Morgan fingerprint density at radius 1 is 1.20 bits per heavy atom. The van der Waals surface area contributed by atoms with Crippen LogP contribution in [0.5, 0.6) is 0 Å². The van der Waals surface area contributed by atoms with Crippen LogP contribution in [0, 0.1) is 11.8 Å². The number of likely N-dealkylation sites (N-methyl/N-ethyl adjacent to an activating group) is 1. The van der Waals surface area contributed by atoms with Gasteiger partial charge in [0.1, 0.15) is 17.7 Å². The molecule has 0 aliphatic carbocycles. The Morgan fingerprint density at radius 3 is 2.58 bits per heavy atom. The highest BCUT2D eigenvalue weighted by Gasteiger charge is 2.75. The number of carbonyl (C=O) groups is 4. The van der Waals surface area contributed by atoms with Crippen LogP contribution in [0.4, 0.5) is 0 Å². The zero-order valence-electron chi connectivity index (χ0n) is 26.9. The average Bonchev–Trinajstić information content (AvgIpc) is 3.69. The topological polar surface area (TPSA) is 117 Å². The number of likely N-dealkylation sites (tertiary alicyclic amines) is 1. The third-order valence-electron chi connectivity index (χ3n) is 9.68. The van der Waals surface area contributed by atoms with E-state index in [0.29, 0.717) is 38.8 Å². The van der Waals surface area contributed by atoms with Gasteiger partial charge in [0.25, 0.3) is 0 Å². The first-order valence-corrected chi connectivity index (χ1v) is 16.3. The SMILES string of the molecule is C=CCCC(=O)N(C)[C@H](C)[C@H](OC(=O)[C@@H]1[C@H]2C(=O)N(CCCO)[C@H](C(=O)N(CC=C)CCCC)[C@]23CC[C@H]1O3)c1ccccc1. The molecule has 1 aromatic carbocycles. The van der Waals surface area contributed by atoms with Gasteiger partial charge in [-0.1, -0.05) is 55.8 Å². The second-order valence-corrected chi connectivity index (χ2v) is 12.4. The van der Waals surface area contributed by atoms with E-state index < -0.39 is 47.7 Å². The van der Waals surface area contributed by atoms with Crippen LogP contribution in [0.15, 0.2) is 55.6 Å². The summed E-state index contributed by atoms with van der Waals surface area (Å²) in [6.45, 7) is 12.3. The van der Waals surface area contributed by atoms with Gasteiger partial charge >= 0.3 is 5.97 Å². The lowest BCUT2D eigenvalue weighted by atomic mass is 9.70. The first-order chi connectivity index (χ1) is 21.7. The zero-order chi connectivity index (χ0) is 32.7. The summed E-state index contributed by atoms with van der Waals surface area (Å²) in [5.41, 5.74) is -0.429. The van der Waals surface area contributed by atoms with E-state index >= 15 is 0 Å². The van der Waals surface area contributed by atoms with Crippen LogP contribution in [-0.2, 0) is 28.7 Å². The van der Waals surface area contributed by atoms with Crippen LogP contribution in [0.1, 0.15) is 70.5 Å². The molecule has 3 fully saturated rings. The van der Waals surface area contributed by atoms with Gasteiger partial charge in [0.15, 0.2) is 0 Å². The van der Waals surface area contributed by atoms with E-state index in [-0.39, 0.29) is 37.3 Å². The maximum atomic E-state index is 14.2. The summed E-state index contributed by atoms with van der Waals surface area (Å²) >= 11 is 0. The molecule has 1 N–H and O–H groups in total. The summed E-state index contributed by atoms with van der Waals surface area (Å²) in [7, 11) is 1.69. The summed E-state index contributed by atoms with van der Waals surface area (Å²) in [5, 5.41) is 9.63. The number of rotatable bonds is 17. The monoisotopic (exact) mass is 623 g/mol. The number of esters is 1. The van der Waals surface area contributed by atoms with Gasteiger partial charge in [-0.2, -0.15) is 0 Å². The van der Waals surface area contributed by atoms with Gasteiger partial charge in [0.05, 0.1) is 24.0 Å². The largest absolute Gasteiger partial charge is 0.455 e. The van der Waals surface area contributed by atoms with E-state index in [1.54, 1.807) is 29.0 Å². The first kappa shape index (κ1) is 34.4. The smallest absolute Gasteiger partial charge is 0.313 e. The van der Waals surface area contributed by atoms with Crippen molar-refractivity contribution in [1.82, 2.24) is 14.7 Å². The van der Waals surface area contributed by atoms with Crippen LogP contribution in [0.3, 0.4) is 0 Å². The van der Waals surface area contributed by atoms with E-state index in [1.165, 1.54) is 4.90 Å². The number of nitrogens with zero attached hydrogens (tertiary/aromatic N) is 3. The standard InChI is InChI=1S/C35H49N3O7/c1-6-9-17-27(40)36(5)24(4)30(25-15-12-11-13-16-25)44-34(43)28-26-18-19-35(45-26)29(28)32(41)38(22-14-23-39)31(35)33(42)37(20-8-3)21-10-7-2/h6,8,11-13,15-16,24,26,28-31,39H,1,3,7,9-10,14,17-23H2,2,4-5H3/t24-,26-,28+,29+,30+,31-,35+/m1/s1. The number of aliphatic hydroxyl groups excluding tert-OH is 1. The van der Waals surface area contributed by atoms with Crippen molar-refractivity contribution in [3.05, 3.63) is 61.2 Å². The number of hydrogen-bond acceptors (Lipinski definition) is 7. The Kier molecular flexibility index (Phi) is 11.6. The maximum absolute atomic E-state index is 14.2. The number of fused-ring (bicyclic) bond motifs is 1. The Hall–Kier alpha value is -3.50. The molecule has 1 spiro atoms. The van der Waals surface area contributed by atoms with E-state index in [4.69, 9.17) is 9.47 Å². The van der Waals surface area contributed by atoms with Gasteiger partial charge in [0, 0.05) is 39.7 Å². The van der Waals surface area contributed by atoms with Crippen LogP contribution in [0.2, 0.25) is 0 Å². The van der Waals surface area contributed by atoms with Gasteiger partial charge in [-0.25, -0.2) is 0 Å². The molecule has 0 saturated carbocycles. The number of amides is 3. The van der Waals surface area contributed by atoms with Crippen molar-refractivity contribution in [2.24, 2.45) is 11.8 Å². The molecule has 7 atom stereocenters. The van der Waals surface area contributed by atoms with Crippen LogP contribution in [0.25, 0.3) is 0 Å². The van der Waals surface area contributed by atoms with Crippen molar-refractivity contribution >= 4 is 23.7 Å². The molecule has 246 valence electrons. The first-order valence-electron chi connectivity index (χ1n) is 16.3. The quantitative estimate of drug-likeness (QED) is 0.208. The normalized spacial score (nSPS) is 26.2. The number of ether oxygens (including phenoxy) is 2. The number of benzene rings is 1. The minimum absolute atomic E-state index is 0.0967. The van der Waals surface area contributed by atoms with Crippen LogP contribution < -0.4 is 0 Å². The Balaban J connectivity index is 1.66. The second-order valence-electron chi connectivity index (χ2n) is 12.4. The minimum atomic E-state index is -1.16. The highest BCUT2D eigenvalue weighted by atomic mass is 16.6. The third-order valence-corrected chi connectivity index (χ3v) is 9.68. The van der Waals surface area contributed by atoms with E-state index in [2.05, 4.69) is 13.2 Å². The molecule has 10 nitrogen and oxygen atoms in total. The predicted octanol–water partition coefficient (Wildman–Crippen LogP) is 3.66. The molecule has 3 amide bonds. The average molecular weight is 624 g/mol. The van der Waals surface area contributed by atoms with Gasteiger partial charge in [-0.05, 0) is 44.6 Å². The molecule has 0 unspecified atom stereocenters. The summed E-state index contributed by atoms with van der Waals surface area (Å²) in [6.07, 6.45) is 5.82. The highest BCUT2D eigenvalue weighted by molar-refractivity contribution is 5.98. The Morgan fingerprint density at radius 2 is 1.93 bits per heavy atom. The maximum Gasteiger partial charge on any atom is 0.313 e. The summed E-state index contributed by atoms with van der Waals surface area (Å²) in [4.78, 5) is 60.4. The lowest BCUT2D eigenvalue weighted by molar-refractivity contribution is -0.164. The van der Waals surface area contributed by atoms with Gasteiger partial charge < -0.3 is 29.3 Å². The fraction of sp³-hybridized carbons (Fsp3) is 0.600. The van der Waals surface area contributed by atoms with Crippen molar-refractivity contribution in [3.63, 3.8) is 0 Å². The van der Waals surface area contributed by atoms with E-state index in [1.807, 2.05) is 44.2 Å². The van der Waals surface area contributed by atoms with Crippen molar-refractivity contribution in [2.45, 2.75) is 88.7 Å². The molecule has 3 saturated heterocycles. The lowest BCUT2D eigenvalue weighted by Gasteiger charge is -2.37. The number of hydrogen-bond donors (Lipinski definition) is 1. The Labute approximate surface area is 267 Å². The van der Waals surface area contributed by atoms with Crippen molar-refractivity contribution in [2.75, 3.05) is 33.3 Å². The molecule has 0 aromatic heterocycles. The van der Waals surface area contributed by atoms with Gasteiger partial charge in [-0.3, -0.25) is 19.2 Å². The van der Waals surface area contributed by atoms with Crippen molar-refractivity contribution < 1.29 is 33.8 Å². The second kappa shape index (κ2) is 15.2. The molecular weight excluding hydrogens is 574 g/mol. The van der Waals surface area contributed by atoms with Crippen molar-refractivity contribution in [3.8, 4) is 0 Å². The summed E-state index contributed by atoms with van der Waals surface area (Å²) < 4.78 is 12.8. The highest BCUT2D eigenvalue weighted by Crippen LogP contribution is 2.59. The fourth-order valence-electron chi connectivity index (χ4n) is 7.27. The lowest BCUT2D eigenvalue weighted by Crippen LogP contribution is -2.56. The molecule has 0 radical (unpaired) electrons. The van der Waals surface area contributed by atoms with E-state index in [0.717, 1.165) is 18.4 Å². The Bertz CT molecular complexity index is 1240. The predicted molar refractivity (Wildman–Crippen MR) is 170 cm³/mol. The molecule has 3 heterocycles. The zero-order valence-corrected chi connectivity index (χ0v) is 26.9. The molecule has 45 heavy (non-hydrogen) atoms. The van der Waals surface area contributed by atoms with Crippen LogP contribution >= 0.6 is 0 Å². The third kappa shape index (κ3) is 6.72. The molecular formula is C35H49N3O7. The molecule has 3 aliphatic heterocycles. The van der Waals surface area contributed by atoms with Gasteiger partial charge in [0.2, 0.25) is 17.7 Å². The molecule has 3 aliphatic rings. The molecule has 2 bridgehead atoms. The van der Waals surface area contributed by atoms with Gasteiger partial charge in [-0.15, -0.1) is 13.2 Å². The minimum Gasteiger partial charge on any atom is -0.455 e. The molecule has 1 aromatic rings. The number of unbranched alkanes of at least 4 members (excludes halogenated alkanes) is 1. The molecule has 10 heteroatoms. The fourth-order valence-corrected chi connectivity index (χ4v) is 7.27. The van der Waals surface area contributed by atoms with Crippen LogP contribution in [-0.4, -0.2) is 101 Å². The summed E-state index contributed by atoms with van der Waals surface area (Å²) in [6, 6.07) is 7.87. The molecule has 4 rings (SSSR count). The number of aliphatic hydroxyl groups is 1. The van der Waals surface area contributed by atoms with E-state index in [9.17, 15) is 24.3 Å². The summed E-state index contributed by atoms with van der Waals surface area (Å²) in [5.74, 6) is -2.99. The number of allylic oxidation sites excluding steroid dienone is 1.